The maximum atomic E-state index is 11.7. The highest BCUT2D eigenvalue weighted by Gasteiger charge is 2.23. The molecule has 1 heterocycles. The van der Waals surface area contributed by atoms with Crippen molar-refractivity contribution in [3.63, 3.8) is 0 Å². The molecule has 2 N–H and O–H groups in total. The highest BCUT2D eigenvalue weighted by atomic mass is 16.5. The normalized spacial score (nSPS) is 19.0. The highest BCUT2D eigenvalue weighted by Crippen LogP contribution is 2.10. The van der Waals surface area contributed by atoms with Crippen molar-refractivity contribution in [2.45, 2.75) is 25.5 Å². The molecule has 0 unspecified atom stereocenters. The van der Waals surface area contributed by atoms with Crippen molar-refractivity contribution >= 4 is 12.1 Å². The Morgan fingerprint density at radius 3 is 2.81 bits per heavy atom. The van der Waals surface area contributed by atoms with Crippen molar-refractivity contribution in [1.29, 1.82) is 0 Å². The Labute approximate surface area is 123 Å². The minimum Gasteiger partial charge on any atom is -0.480 e. The number of nitrogens with zero attached hydrogens (tertiary/aromatic N) is 1. The third-order valence-corrected chi connectivity index (χ3v) is 3.40. The molecule has 1 fully saturated rings. The number of carbonyl (C=O) groups excluding carboxylic acids is 1. The monoisotopic (exact) mass is 292 g/mol. The van der Waals surface area contributed by atoms with E-state index in [0.717, 1.165) is 24.9 Å². The molecular weight excluding hydrogens is 272 g/mol. The lowest BCUT2D eigenvalue weighted by molar-refractivity contribution is -0.138. The average molecular weight is 292 g/mol. The number of likely N-dealkylation sites (tertiary alicyclic amines) is 1. The van der Waals surface area contributed by atoms with Crippen LogP contribution in [0, 0.1) is 0 Å². The van der Waals surface area contributed by atoms with Gasteiger partial charge in [0.1, 0.15) is 6.61 Å². The molecule has 0 saturated carbocycles. The van der Waals surface area contributed by atoms with Crippen LogP contribution in [-0.4, -0.2) is 47.7 Å². The van der Waals surface area contributed by atoms with E-state index >= 15 is 0 Å². The predicted octanol–water partition coefficient (Wildman–Crippen LogP) is 1.46. The van der Waals surface area contributed by atoms with E-state index in [0.29, 0.717) is 6.54 Å². The number of hydrogen-bond donors (Lipinski definition) is 2. The van der Waals surface area contributed by atoms with Crippen molar-refractivity contribution in [3.8, 4) is 0 Å². The summed E-state index contributed by atoms with van der Waals surface area (Å²) in [6.07, 6.45) is 1.26. The molecule has 0 aliphatic carbocycles. The fraction of sp³-hybridized carbons (Fsp3) is 0.467. The molecule has 6 nitrogen and oxygen atoms in total. The molecule has 1 aromatic rings. The van der Waals surface area contributed by atoms with Crippen LogP contribution < -0.4 is 5.32 Å². The van der Waals surface area contributed by atoms with Crippen molar-refractivity contribution in [2.75, 3.05) is 19.6 Å². The van der Waals surface area contributed by atoms with Gasteiger partial charge in [0, 0.05) is 12.6 Å². The van der Waals surface area contributed by atoms with Crippen LogP contribution in [0.5, 0.6) is 0 Å². The first-order chi connectivity index (χ1) is 10.1. The summed E-state index contributed by atoms with van der Waals surface area (Å²) in [5.41, 5.74) is 0.934. The first-order valence-corrected chi connectivity index (χ1v) is 7.05. The molecule has 114 valence electrons. The zero-order valence-electron chi connectivity index (χ0n) is 11.8. The lowest BCUT2D eigenvalue weighted by Gasteiger charge is -2.31. The van der Waals surface area contributed by atoms with Gasteiger partial charge in [0.25, 0.3) is 0 Å². The maximum Gasteiger partial charge on any atom is 0.407 e. The van der Waals surface area contributed by atoms with Crippen LogP contribution in [0.15, 0.2) is 30.3 Å². The van der Waals surface area contributed by atoms with Gasteiger partial charge in [-0.2, -0.15) is 0 Å². The average Bonchev–Trinajstić information content (AvgIpc) is 2.46. The molecule has 6 heteroatoms. The van der Waals surface area contributed by atoms with E-state index < -0.39 is 12.1 Å². The number of nitrogens with one attached hydrogen (secondary N) is 1. The Balaban J connectivity index is 1.73. The first-order valence-electron chi connectivity index (χ1n) is 7.05. The Kier molecular flexibility index (Phi) is 5.57. The molecule has 0 bridgehead atoms. The number of carbonyl (C=O) groups is 2. The van der Waals surface area contributed by atoms with Gasteiger partial charge < -0.3 is 15.2 Å². The number of ether oxygens (including phenoxy) is 1. The number of alkyl carbamates (subject to hydrolysis) is 1. The molecule has 1 amide bonds. The number of aliphatic carboxylic acids is 1. The van der Waals surface area contributed by atoms with Gasteiger partial charge in [0.15, 0.2) is 0 Å². The zero-order chi connectivity index (χ0) is 15.1. The topological polar surface area (TPSA) is 78.9 Å². The van der Waals surface area contributed by atoms with Crippen molar-refractivity contribution in [1.82, 2.24) is 10.2 Å². The van der Waals surface area contributed by atoms with E-state index in [9.17, 15) is 9.59 Å². The second-order valence-electron chi connectivity index (χ2n) is 5.17. The summed E-state index contributed by atoms with van der Waals surface area (Å²) in [4.78, 5) is 24.3. The summed E-state index contributed by atoms with van der Waals surface area (Å²) in [6.45, 7) is 1.55. The molecule has 2 rings (SSSR count). The summed E-state index contributed by atoms with van der Waals surface area (Å²) in [5, 5.41) is 11.6. The molecule has 0 aromatic heterocycles. The Morgan fingerprint density at radius 1 is 1.33 bits per heavy atom. The van der Waals surface area contributed by atoms with E-state index in [4.69, 9.17) is 9.84 Å². The second-order valence-corrected chi connectivity index (χ2v) is 5.17. The van der Waals surface area contributed by atoms with Crippen molar-refractivity contribution in [3.05, 3.63) is 35.9 Å². The molecular formula is C15H20N2O4. The van der Waals surface area contributed by atoms with Crippen LogP contribution in [0.25, 0.3) is 0 Å². The molecule has 1 aliphatic heterocycles. The van der Waals surface area contributed by atoms with Crippen LogP contribution in [0.3, 0.4) is 0 Å². The quantitative estimate of drug-likeness (QED) is 0.859. The largest absolute Gasteiger partial charge is 0.480 e. The highest BCUT2D eigenvalue weighted by molar-refractivity contribution is 5.69. The maximum absolute atomic E-state index is 11.7. The summed E-state index contributed by atoms with van der Waals surface area (Å²) in [5.74, 6) is -0.845. The minimum absolute atomic E-state index is 0.0112. The molecule has 0 spiro atoms. The predicted molar refractivity (Wildman–Crippen MR) is 76.9 cm³/mol. The number of amides is 1. The molecule has 1 saturated heterocycles. The van der Waals surface area contributed by atoms with Gasteiger partial charge >= 0.3 is 12.1 Å². The number of carboxylic acid groups (broad SMARTS) is 1. The third kappa shape index (κ3) is 5.43. The fourth-order valence-corrected chi connectivity index (χ4v) is 2.44. The first kappa shape index (κ1) is 15.3. The van der Waals surface area contributed by atoms with E-state index in [-0.39, 0.29) is 19.2 Å². The van der Waals surface area contributed by atoms with Crippen LogP contribution in [-0.2, 0) is 16.1 Å². The van der Waals surface area contributed by atoms with Crippen LogP contribution in [0.2, 0.25) is 0 Å². The number of rotatable bonds is 5. The van der Waals surface area contributed by atoms with E-state index in [1.54, 1.807) is 0 Å². The Morgan fingerprint density at radius 2 is 2.10 bits per heavy atom. The second kappa shape index (κ2) is 7.64. The van der Waals surface area contributed by atoms with E-state index in [2.05, 4.69) is 5.32 Å². The SMILES string of the molecule is O=C(O)CN1CCC[C@H](NC(=O)OCc2ccccc2)C1. The third-order valence-electron chi connectivity index (χ3n) is 3.40. The smallest absolute Gasteiger partial charge is 0.407 e. The van der Waals surface area contributed by atoms with Crippen LogP contribution in [0.1, 0.15) is 18.4 Å². The van der Waals surface area contributed by atoms with Gasteiger partial charge in [-0.1, -0.05) is 30.3 Å². The van der Waals surface area contributed by atoms with Gasteiger partial charge in [-0.05, 0) is 24.9 Å². The number of carboxylic acids is 1. The zero-order valence-corrected chi connectivity index (χ0v) is 11.8. The van der Waals surface area contributed by atoms with Crippen LogP contribution >= 0.6 is 0 Å². The van der Waals surface area contributed by atoms with Crippen molar-refractivity contribution in [2.24, 2.45) is 0 Å². The molecule has 1 atom stereocenters. The van der Waals surface area contributed by atoms with Gasteiger partial charge in [-0.15, -0.1) is 0 Å². The van der Waals surface area contributed by atoms with Gasteiger partial charge in [-0.3, -0.25) is 9.69 Å². The lowest BCUT2D eigenvalue weighted by Crippen LogP contribution is -2.49. The van der Waals surface area contributed by atoms with Gasteiger partial charge in [0.2, 0.25) is 0 Å². The molecule has 1 aromatic carbocycles. The van der Waals surface area contributed by atoms with Crippen LogP contribution in [0.4, 0.5) is 4.79 Å². The minimum atomic E-state index is -0.845. The van der Waals surface area contributed by atoms with Gasteiger partial charge in [0.05, 0.1) is 6.54 Å². The Bertz CT molecular complexity index is 478. The summed E-state index contributed by atoms with van der Waals surface area (Å²) >= 11 is 0. The number of hydrogen-bond acceptors (Lipinski definition) is 4. The summed E-state index contributed by atoms with van der Waals surface area (Å²) in [7, 11) is 0. The van der Waals surface area contributed by atoms with E-state index in [1.165, 1.54) is 0 Å². The standard InChI is InChI=1S/C15H20N2O4/c18-14(19)10-17-8-4-7-13(9-17)16-15(20)21-11-12-5-2-1-3-6-12/h1-3,5-6,13H,4,7-11H2,(H,16,20)(H,18,19)/t13-/m0/s1. The lowest BCUT2D eigenvalue weighted by atomic mass is 10.1. The fourth-order valence-electron chi connectivity index (χ4n) is 2.44. The number of piperidine rings is 1. The number of benzene rings is 1. The Hall–Kier alpha value is -2.08. The van der Waals surface area contributed by atoms with Gasteiger partial charge in [-0.25, -0.2) is 4.79 Å². The van der Waals surface area contributed by atoms with Crippen molar-refractivity contribution < 1.29 is 19.4 Å². The molecule has 21 heavy (non-hydrogen) atoms. The van der Waals surface area contributed by atoms with E-state index in [1.807, 2.05) is 35.2 Å². The molecule has 0 radical (unpaired) electrons. The summed E-state index contributed by atoms with van der Waals surface area (Å²) < 4.78 is 5.16. The molecule has 1 aliphatic rings. The summed E-state index contributed by atoms with van der Waals surface area (Å²) in [6, 6.07) is 9.41.